The second-order valence-corrected chi connectivity index (χ2v) is 8.47. The number of nitrogens with zero attached hydrogens (tertiary/aromatic N) is 3. The molecule has 0 bridgehead atoms. The van der Waals surface area contributed by atoms with Crippen molar-refractivity contribution in [2.75, 3.05) is 31.6 Å². The molecule has 0 saturated carbocycles. The molecule has 3 aromatic carbocycles. The van der Waals surface area contributed by atoms with E-state index in [1.165, 1.54) is 5.56 Å². The maximum absolute atomic E-state index is 6.67. The van der Waals surface area contributed by atoms with E-state index in [4.69, 9.17) is 28.0 Å². The van der Waals surface area contributed by atoms with Gasteiger partial charge in [-0.2, -0.15) is 0 Å². The zero-order chi connectivity index (χ0) is 21.8. The lowest BCUT2D eigenvalue weighted by Crippen LogP contribution is -2.51. The van der Waals surface area contributed by atoms with Crippen LogP contribution in [0.25, 0.3) is 0 Å². The van der Waals surface area contributed by atoms with Gasteiger partial charge < -0.3 is 14.6 Å². The summed E-state index contributed by atoms with van der Waals surface area (Å²) in [6, 6.07) is 24.5. The first-order chi connectivity index (χ1) is 15.1. The number of halogens is 2. The van der Waals surface area contributed by atoms with E-state index in [-0.39, 0.29) is 6.04 Å². The number of amidine groups is 1. The molecule has 31 heavy (non-hydrogen) atoms. The summed E-state index contributed by atoms with van der Waals surface area (Å²) >= 11 is 12.8. The van der Waals surface area contributed by atoms with Crippen LogP contribution < -0.4 is 4.90 Å². The Morgan fingerprint density at radius 3 is 2.39 bits per heavy atom. The van der Waals surface area contributed by atoms with E-state index in [9.17, 15) is 0 Å². The second kappa shape index (κ2) is 9.63. The van der Waals surface area contributed by atoms with Gasteiger partial charge in [-0.1, -0.05) is 76.9 Å². The van der Waals surface area contributed by atoms with Gasteiger partial charge in [-0.3, -0.25) is 0 Å². The number of rotatable bonds is 4. The van der Waals surface area contributed by atoms with Crippen LogP contribution in [-0.4, -0.2) is 37.5 Å². The van der Waals surface area contributed by atoms with Gasteiger partial charge in [0.15, 0.2) is 5.84 Å². The minimum atomic E-state index is 0.0805. The number of anilines is 1. The standard InChI is InChI=1S/C25H25Cl2N3O/c1-18-8-13-23(22(27)16-18)30-15-14-29(17-24(30)19-9-11-21(26)12-10-19)25(28-31-2)20-6-4-3-5-7-20/h3-13,16,24H,14-15,17H2,1-2H3. The maximum atomic E-state index is 6.67. The highest BCUT2D eigenvalue weighted by Gasteiger charge is 2.31. The van der Waals surface area contributed by atoms with Crippen molar-refractivity contribution in [2.45, 2.75) is 13.0 Å². The molecule has 1 atom stereocenters. The molecule has 6 heteroatoms. The van der Waals surface area contributed by atoms with Crippen molar-refractivity contribution in [3.63, 3.8) is 0 Å². The quantitative estimate of drug-likeness (QED) is 0.268. The Hall–Kier alpha value is -2.69. The highest BCUT2D eigenvalue weighted by atomic mass is 35.5. The van der Waals surface area contributed by atoms with Crippen molar-refractivity contribution < 1.29 is 4.84 Å². The van der Waals surface area contributed by atoms with E-state index in [1.54, 1.807) is 7.11 Å². The second-order valence-electron chi connectivity index (χ2n) is 7.63. The number of hydrogen-bond donors (Lipinski definition) is 0. The van der Waals surface area contributed by atoms with Crippen LogP contribution in [0.15, 0.2) is 78.0 Å². The first-order valence-corrected chi connectivity index (χ1v) is 11.0. The molecule has 1 saturated heterocycles. The largest absolute Gasteiger partial charge is 0.397 e. The molecule has 0 spiro atoms. The van der Waals surface area contributed by atoms with Crippen molar-refractivity contribution in [3.05, 3.63) is 99.5 Å². The van der Waals surface area contributed by atoms with E-state index in [2.05, 4.69) is 58.3 Å². The zero-order valence-electron chi connectivity index (χ0n) is 17.6. The molecule has 4 rings (SSSR count). The predicted molar refractivity (Wildman–Crippen MR) is 129 cm³/mol. The van der Waals surface area contributed by atoms with Crippen LogP contribution in [0.5, 0.6) is 0 Å². The van der Waals surface area contributed by atoms with Gasteiger partial charge in [-0.05, 0) is 42.3 Å². The minimum Gasteiger partial charge on any atom is -0.397 e. The minimum absolute atomic E-state index is 0.0805. The fourth-order valence-electron chi connectivity index (χ4n) is 4.05. The van der Waals surface area contributed by atoms with Gasteiger partial charge in [-0.25, -0.2) is 0 Å². The van der Waals surface area contributed by atoms with E-state index in [0.717, 1.165) is 52.3 Å². The highest BCUT2D eigenvalue weighted by molar-refractivity contribution is 6.33. The van der Waals surface area contributed by atoms with E-state index >= 15 is 0 Å². The summed E-state index contributed by atoms with van der Waals surface area (Å²) < 4.78 is 0. The lowest BCUT2D eigenvalue weighted by molar-refractivity contribution is 0.202. The van der Waals surface area contributed by atoms with Crippen LogP contribution in [0.2, 0.25) is 10.0 Å². The fourth-order valence-corrected chi connectivity index (χ4v) is 4.52. The van der Waals surface area contributed by atoms with Crippen LogP contribution >= 0.6 is 23.2 Å². The molecule has 0 aliphatic carbocycles. The Kier molecular flexibility index (Phi) is 6.69. The molecule has 4 nitrogen and oxygen atoms in total. The maximum Gasteiger partial charge on any atom is 0.175 e. The summed E-state index contributed by atoms with van der Waals surface area (Å²) in [5.74, 6) is 0.830. The monoisotopic (exact) mass is 453 g/mol. The smallest absolute Gasteiger partial charge is 0.175 e. The lowest BCUT2D eigenvalue weighted by atomic mass is 10.00. The number of piperazine rings is 1. The first kappa shape index (κ1) is 21.5. The van der Waals surface area contributed by atoms with Crippen molar-refractivity contribution in [2.24, 2.45) is 5.16 Å². The molecule has 0 N–H and O–H groups in total. The van der Waals surface area contributed by atoms with Gasteiger partial charge in [0, 0.05) is 30.2 Å². The summed E-state index contributed by atoms with van der Waals surface area (Å²) in [6.07, 6.45) is 0. The topological polar surface area (TPSA) is 28.1 Å². The van der Waals surface area contributed by atoms with Gasteiger partial charge in [0.2, 0.25) is 0 Å². The molecule has 160 valence electrons. The molecular weight excluding hydrogens is 429 g/mol. The third-order valence-corrected chi connectivity index (χ3v) is 6.11. The van der Waals surface area contributed by atoms with Crippen molar-refractivity contribution >= 4 is 34.7 Å². The Morgan fingerprint density at radius 1 is 0.968 bits per heavy atom. The Labute approximate surface area is 193 Å². The summed E-state index contributed by atoms with van der Waals surface area (Å²) in [4.78, 5) is 9.85. The number of hydrogen-bond acceptors (Lipinski definition) is 3. The lowest BCUT2D eigenvalue weighted by Gasteiger charge is -2.44. The number of aryl methyl sites for hydroxylation is 1. The summed E-state index contributed by atoms with van der Waals surface area (Å²) in [6.45, 7) is 4.39. The van der Waals surface area contributed by atoms with Crippen LogP contribution in [0.3, 0.4) is 0 Å². The molecule has 0 aromatic heterocycles. The Balaban J connectivity index is 1.71. The first-order valence-electron chi connectivity index (χ1n) is 10.3. The van der Waals surface area contributed by atoms with Crippen LogP contribution in [0.1, 0.15) is 22.7 Å². The highest BCUT2D eigenvalue weighted by Crippen LogP contribution is 2.36. The average Bonchev–Trinajstić information content (AvgIpc) is 2.78. The van der Waals surface area contributed by atoms with Crippen LogP contribution in [-0.2, 0) is 4.84 Å². The zero-order valence-corrected chi connectivity index (χ0v) is 19.1. The van der Waals surface area contributed by atoms with E-state index in [0.29, 0.717) is 0 Å². The van der Waals surface area contributed by atoms with Crippen molar-refractivity contribution in [3.8, 4) is 0 Å². The van der Waals surface area contributed by atoms with Gasteiger partial charge >= 0.3 is 0 Å². The number of oxime groups is 1. The molecular formula is C25H25Cl2N3O. The third kappa shape index (κ3) is 4.81. The van der Waals surface area contributed by atoms with Crippen molar-refractivity contribution in [1.82, 2.24) is 4.90 Å². The van der Waals surface area contributed by atoms with Gasteiger partial charge in [0.1, 0.15) is 7.11 Å². The van der Waals surface area contributed by atoms with Crippen LogP contribution in [0, 0.1) is 6.92 Å². The summed E-state index contributed by atoms with van der Waals surface area (Å²) in [7, 11) is 1.59. The van der Waals surface area contributed by atoms with Crippen LogP contribution in [0.4, 0.5) is 5.69 Å². The molecule has 3 aromatic rings. The average molecular weight is 454 g/mol. The molecule has 0 radical (unpaired) electrons. The van der Waals surface area contributed by atoms with Gasteiger partial charge in [0.25, 0.3) is 0 Å². The van der Waals surface area contributed by atoms with E-state index < -0.39 is 0 Å². The Bertz CT molecular complexity index is 1050. The molecule has 1 heterocycles. The molecule has 1 aliphatic heterocycles. The predicted octanol–water partition coefficient (Wildman–Crippen LogP) is 6.17. The fraction of sp³-hybridized carbons (Fsp3) is 0.240. The number of benzene rings is 3. The van der Waals surface area contributed by atoms with Gasteiger partial charge in [-0.15, -0.1) is 0 Å². The normalized spacial score (nSPS) is 17.0. The van der Waals surface area contributed by atoms with Crippen molar-refractivity contribution in [1.29, 1.82) is 0 Å². The van der Waals surface area contributed by atoms with Gasteiger partial charge in [0.05, 0.1) is 16.8 Å². The van der Waals surface area contributed by atoms with E-state index in [1.807, 2.05) is 36.4 Å². The summed E-state index contributed by atoms with van der Waals surface area (Å²) in [5, 5.41) is 5.85. The molecule has 0 amide bonds. The third-order valence-electron chi connectivity index (χ3n) is 5.56. The summed E-state index contributed by atoms with van der Waals surface area (Å²) in [5.41, 5.74) is 4.39. The SMILES string of the molecule is CON=C(c1ccccc1)N1CCN(c2ccc(C)cc2Cl)C(c2ccc(Cl)cc2)C1. The molecule has 1 aliphatic rings. The Morgan fingerprint density at radius 2 is 1.71 bits per heavy atom. The molecule has 1 unspecified atom stereocenters. The molecule has 1 fully saturated rings.